The van der Waals surface area contributed by atoms with Crippen LogP contribution in [0.3, 0.4) is 0 Å². The lowest BCUT2D eigenvalue weighted by molar-refractivity contribution is -0.139. The minimum Gasteiger partial charge on any atom is -0.480 e. The Kier molecular flexibility index (Phi) is 7.99. The number of primary amides is 1. The SMILES string of the molecule is C=CCN(CCC)C(=O)N[C@H](CCC(N)=O)C(=O)O. The number of aliphatic carboxylic acids is 1. The number of carbonyl (C=O) groups is 3. The molecule has 0 saturated heterocycles. The Labute approximate surface area is 112 Å². The molecule has 0 spiro atoms. The zero-order valence-electron chi connectivity index (χ0n) is 11.1. The van der Waals surface area contributed by atoms with Gasteiger partial charge in [-0.15, -0.1) is 6.58 Å². The number of carboxylic acids is 1. The highest BCUT2D eigenvalue weighted by molar-refractivity contribution is 5.83. The van der Waals surface area contributed by atoms with Gasteiger partial charge in [-0.1, -0.05) is 13.0 Å². The van der Waals surface area contributed by atoms with Crippen LogP contribution in [0.5, 0.6) is 0 Å². The summed E-state index contributed by atoms with van der Waals surface area (Å²) in [6.45, 7) is 6.28. The highest BCUT2D eigenvalue weighted by atomic mass is 16.4. The average Bonchev–Trinajstić information content (AvgIpc) is 2.33. The second kappa shape index (κ2) is 8.96. The number of urea groups is 1. The molecule has 4 N–H and O–H groups in total. The molecular weight excluding hydrogens is 250 g/mol. The first-order valence-electron chi connectivity index (χ1n) is 6.09. The van der Waals surface area contributed by atoms with Crippen molar-refractivity contribution in [3.8, 4) is 0 Å². The number of carbonyl (C=O) groups excluding carboxylic acids is 2. The molecule has 0 saturated carbocycles. The van der Waals surface area contributed by atoms with E-state index in [1.807, 2.05) is 6.92 Å². The Bertz CT molecular complexity index is 344. The van der Waals surface area contributed by atoms with Gasteiger partial charge in [0.2, 0.25) is 5.91 Å². The fourth-order valence-corrected chi connectivity index (χ4v) is 1.49. The molecule has 0 radical (unpaired) electrons. The first-order chi connectivity index (χ1) is 8.92. The summed E-state index contributed by atoms with van der Waals surface area (Å²) in [5.41, 5.74) is 4.96. The summed E-state index contributed by atoms with van der Waals surface area (Å²) >= 11 is 0. The Morgan fingerprint density at radius 2 is 2.11 bits per heavy atom. The van der Waals surface area contributed by atoms with Crippen molar-refractivity contribution in [3.05, 3.63) is 12.7 Å². The molecule has 108 valence electrons. The van der Waals surface area contributed by atoms with Crippen LogP contribution in [0.1, 0.15) is 26.2 Å². The molecular formula is C12H21N3O4. The molecule has 0 unspecified atom stereocenters. The van der Waals surface area contributed by atoms with E-state index >= 15 is 0 Å². The number of nitrogens with two attached hydrogens (primary N) is 1. The Hall–Kier alpha value is -2.05. The van der Waals surface area contributed by atoms with Gasteiger partial charge in [0, 0.05) is 19.5 Å². The van der Waals surface area contributed by atoms with Crippen LogP contribution in [0.2, 0.25) is 0 Å². The molecule has 0 aromatic heterocycles. The summed E-state index contributed by atoms with van der Waals surface area (Å²) < 4.78 is 0. The second-order valence-corrected chi connectivity index (χ2v) is 4.08. The van der Waals surface area contributed by atoms with Crippen molar-refractivity contribution >= 4 is 17.9 Å². The van der Waals surface area contributed by atoms with Crippen molar-refractivity contribution in [3.63, 3.8) is 0 Å². The van der Waals surface area contributed by atoms with E-state index in [0.717, 1.165) is 6.42 Å². The Morgan fingerprint density at radius 3 is 2.53 bits per heavy atom. The fourth-order valence-electron chi connectivity index (χ4n) is 1.49. The third kappa shape index (κ3) is 7.07. The van der Waals surface area contributed by atoms with Crippen LogP contribution in [0.25, 0.3) is 0 Å². The molecule has 3 amide bonds. The first-order valence-corrected chi connectivity index (χ1v) is 6.09. The molecule has 7 heteroatoms. The van der Waals surface area contributed by atoms with Crippen LogP contribution in [0.4, 0.5) is 4.79 Å². The van der Waals surface area contributed by atoms with Gasteiger partial charge in [-0.05, 0) is 12.8 Å². The van der Waals surface area contributed by atoms with E-state index in [1.165, 1.54) is 4.90 Å². The van der Waals surface area contributed by atoms with Gasteiger partial charge in [0.05, 0.1) is 0 Å². The van der Waals surface area contributed by atoms with Gasteiger partial charge in [0.25, 0.3) is 0 Å². The van der Waals surface area contributed by atoms with Gasteiger partial charge >= 0.3 is 12.0 Å². The van der Waals surface area contributed by atoms with Crippen molar-refractivity contribution in [2.75, 3.05) is 13.1 Å². The summed E-state index contributed by atoms with van der Waals surface area (Å²) in [4.78, 5) is 34.9. The lowest BCUT2D eigenvalue weighted by Crippen LogP contribution is -2.48. The fraction of sp³-hybridized carbons (Fsp3) is 0.583. The minimum absolute atomic E-state index is 0.0234. The molecule has 0 rings (SSSR count). The van der Waals surface area contributed by atoms with E-state index in [0.29, 0.717) is 13.1 Å². The number of carboxylic acid groups (broad SMARTS) is 1. The van der Waals surface area contributed by atoms with Crippen LogP contribution in [0.15, 0.2) is 12.7 Å². The molecule has 0 aromatic rings. The van der Waals surface area contributed by atoms with E-state index in [2.05, 4.69) is 11.9 Å². The third-order valence-electron chi connectivity index (χ3n) is 2.41. The summed E-state index contributed by atoms with van der Waals surface area (Å²) in [5, 5.41) is 11.3. The first kappa shape index (κ1) is 16.9. The highest BCUT2D eigenvalue weighted by Crippen LogP contribution is 2.00. The quantitative estimate of drug-likeness (QED) is 0.524. The van der Waals surface area contributed by atoms with Gasteiger partial charge in [-0.25, -0.2) is 9.59 Å². The van der Waals surface area contributed by atoms with E-state index in [4.69, 9.17) is 10.8 Å². The van der Waals surface area contributed by atoms with Crippen LogP contribution in [-0.2, 0) is 9.59 Å². The van der Waals surface area contributed by atoms with Gasteiger partial charge in [0.1, 0.15) is 6.04 Å². The van der Waals surface area contributed by atoms with Crippen molar-refractivity contribution in [2.45, 2.75) is 32.2 Å². The minimum atomic E-state index is -1.19. The maximum absolute atomic E-state index is 11.9. The molecule has 0 aliphatic rings. The summed E-state index contributed by atoms with van der Waals surface area (Å²) in [7, 11) is 0. The molecule has 0 aliphatic carbocycles. The molecule has 0 aromatic carbocycles. The van der Waals surface area contributed by atoms with Crippen LogP contribution in [0, 0.1) is 0 Å². The van der Waals surface area contributed by atoms with E-state index in [1.54, 1.807) is 6.08 Å². The Morgan fingerprint density at radius 1 is 1.47 bits per heavy atom. The monoisotopic (exact) mass is 271 g/mol. The van der Waals surface area contributed by atoms with Crippen molar-refractivity contribution in [2.24, 2.45) is 5.73 Å². The zero-order valence-corrected chi connectivity index (χ0v) is 11.1. The number of hydrogen-bond acceptors (Lipinski definition) is 3. The Balaban J connectivity index is 4.54. The molecule has 0 bridgehead atoms. The zero-order chi connectivity index (χ0) is 14.8. The number of nitrogens with one attached hydrogen (secondary N) is 1. The maximum atomic E-state index is 11.9. The molecule has 7 nitrogen and oxygen atoms in total. The second-order valence-electron chi connectivity index (χ2n) is 4.08. The van der Waals surface area contributed by atoms with Crippen LogP contribution < -0.4 is 11.1 Å². The normalized spacial score (nSPS) is 11.4. The van der Waals surface area contributed by atoms with Crippen molar-refractivity contribution in [1.82, 2.24) is 10.2 Å². The smallest absolute Gasteiger partial charge is 0.326 e. The van der Waals surface area contributed by atoms with Crippen LogP contribution in [-0.4, -0.2) is 47.0 Å². The number of amides is 3. The number of nitrogens with zero attached hydrogens (tertiary/aromatic N) is 1. The predicted octanol–water partition coefficient (Wildman–Crippen LogP) is 0.313. The molecule has 1 atom stereocenters. The van der Waals surface area contributed by atoms with E-state index in [9.17, 15) is 14.4 Å². The lowest BCUT2D eigenvalue weighted by atomic mass is 10.1. The van der Waals surface area contributed by atoms with Crippen molar-refractivity contribution in [1.29, 1.82) is 0 Å². The van der Waals surface area contributed by atoms with Gasteiger partial charge in [0.15, 0.2) is 0 Å². The topological polar surface area (TPSA) is 113 Å². The molecule has 0 aliphatic heterocycles. The summed E-state index contributed by atoms with van der Waals surface area (Å²) in [6, 6.07) is -1.61. The maximum Gasteiger partial charge on any atom is 0.326 e. The standard InChI is InChI=1S/C12H21N3O4/c1-3-7-15(8-4-2)12(19)14-9(11(17)18)5-6-10(13)16/h3,9H,1,4-8H2,2H3,(H2,13,16)(H,14,19)(H,17,18)/t9-/m1/s1. The molecule has 0 heterocycles. The molecule has 19 heavy (non-hydrogen) atoms. The lowest BCUT2D eigenvalue weighted by Gasteiger charge is -2.23. The summed E-state index contributed by atoms with van der Waals surface area (Å²) in [5.74, 6) is -1.79. The highest BCUT2D eigenvalue weighted by Gasteiger charge is 2.22. The molecule has 0 fully saturated rings. The third-order valence-corrected chi connectivity index (χ3v) is 2.41. The van der Waals surface area contributed by atoms with Gasteiger partial charge in [-0.2, -0.15) is 0 Å². The van der Waals surface area contributed by atoms with Gasteiger partial charge < -0.3 is 21.1 Å². The van der Waals surface area contributed by atoms with Gasteiger partial charge in [-0.3, -0.25) is 4.79 Å². The van der Waals surface area contributed by atoms with Crippen LogP contribution >= 0.6 is 0 Å². The average molecular weight is 271 g/mol. The summed E-state index contributed by atoms with van der Waals surface area (Å²) in [6.07, 6.45) is 2.20. The van der Waals surface area contributed by atoms with Crippen molar-refractivity contribution < 1.29 is 19.5 Å². The number of hydrogen-bond donors (Lipinski definition) is 3. The van der Waals surface area contributed by atoms with E-state index in [-0.39, 0.29) is 12.8 Å². The largest absolute Gasteiger partial charge is 0.480 e. The van der Waals surface area contributed by atoms with E-state index < -0.39 is 23.9 Å². The predicted molar refractivity (Wildman–Crippen MR) is 70.4 cm³/mol. The number of rotatable bonds is 9.